The summed E-state index contributed by atoms with van der Waals surface area (Å²) in [6.45, 7) is 6.31. The van der Waals surface area contributed by atoms with Crippen LogP contribution in [0, 0.1) is 10.1 Å². The van der Waals surface area contributed by atoms with Crippen LogP contribution in [0.25, 0.3) is 0 Å². The molecule has 0 saturated heterocycles. The second kappa shape index (κ2) is 10.1. The van der Waals surface area contributed by atoms with Crippen LogP contribution >= 0.6 is 0 Å². The molecule has 0 aliphatic carbocycles. The zero-order valence-corrected chi connectivity index (χ0v) is 15.5. The van der Waals surface area contributed by atoms with E-state index in [2.05, 4.69) is 23.9 Å². The minimum absolute atomic E-state index is 0.0754. The number of nitro groups is 1. The van der Waals surface area contributed by atoms with Crippen LogP contribution in [0.15, 0.2) is 53.7 Å². The first-order valence-corrected chi connectivity index (χ1v) is 8.89. The number of non-ortho nitro benzene ring substituents is 1. The first kappa shape index (κ1) is 20.1. The summed E-state index contributed by atoms with van der Waals surface area (Å²) in [6, 6.07) is 13.1. The standard InChI is InChI=1S/C20H23N3O4/c1-3-12-22(13-4-2)18-10-8-16(9-11-18)15-21-27-20(24)17-6-5-7-19(14-17)23(25)26/h5-11,14-15H,3-4,12-13H2,1-2H3. The highest BCUT2D eigenvalue weighted by Crippen LogP contribution is 2.16. The number of oxime groups is 1. The summed E-state index contributed by atoms with van der Waals surface area (Å²) in [6.07, 6.45) is 3.59. The summed E-state index contributed by atoms with van der Waals surface area (Å²) in [5, 5.41) is 14.4. The van der Waals surface area contributed by atoms with Crippen molar-refractivity contribution in [2.75, 3.05) is 18.0 Å². The van der Waals surface area contributed by atoms with Crippen molar-refractivity contribution in [3.8, 4) is 0 Å². The Kier molecular flexibility index (Phi) is 7.49. The second-order valence-electron chi connectivity index (χ2n) is 6.00. The number of hydrogen-bond acceptors (Lipinski definition) is 6. The van der Waals surface area contributed by atoms with Crippen LogP contribution in [0.4, 0.5) is 11.4 Å². The average Bonchev–Trinajstić information content (AvgIpc) is 2.68. The normalized spacial score (nSPS) is 10.7. The summed E-state index contributed by atoms with van der Waals surface area (Å²) < 4.78 is 0. The predicted molar refractivity (Wildman–Crippen MR) is 105 cm³/mol. The first-order valence-electron chi connectivity index (χ1n) is 8.89. The van der Waals surface area contributed by atoms with Gasteiger partial charge in [-0.1, -0.05) is 37.2 Å². The van der Waals surface area contributed by atoms with Gasteiger partial charge in [0.2, 0.25) is 0 Å². The van der Waals surface area contributed by atoms with Crippen LogP contribution in [0.2, 0.25) is 0 Å². The lowest BCUT2D eigenvalue weighted by Gasteiger charge is -2.23. The fourth-order valence-electron chi connectivity index (χ4n) is 2.62. The largest absolute Gasteiger partial charge is 0.372 e. The van der Waals surface area contributed by atoms with Crippen molar-refractivity contribution in [2.45, 2.75) is 26.7 Å². The Labute approximate surface area is 158 Å². The number of rotatable bonds is 9. The van der Waals surface area contributed by atoms with Gasteiger partial charge >= 0.3 is 5.97 Å². The van der Waals surface area contributed by atoms with E-state index in [1.807, 2.05) is 24.3 Å². The third-order valence-electron chi connectivity index (χ3n) is 3.88. The Morgan fingerprint density at radius 1 is 1.15 bits per heavy atom. The molecular formula is C20H23N3O4. The molecule has 0 amide bonds. The molecule has 0 aliphatic rings. The molecule has 0 N–H and O–H groups in total. The summed E-state index contributed by atoms with van der Waals surface area (Å²) in [7, 11) is 0. The highest BCUT2D eigenvalue weighted by molar-refractivity contribution is 5.90. The molecule has 2 aromatic carbocycles. The molecule has 0 fully saturated rings. The molecule has 0 bridgehead atoms. The van der Waals surface area contributed by atoms with Crippen LogP contribution < -0.4 is 4.90 Å². The SMILES string of the molecule is CCCN(CCC)c1ccc(C=NOC(=O)c2cccc([N+](=O)[O-])c2)cc1. The van der Waals surface area contributed by atoms with E-state index in [4.69, 9.17) is 4.84 Å². The van der Waals surface area contributed by atoms with Gasteiger partial charge in [0.1, 0.15) is 0 Å². The van der Waals surface area contributed by atoms with Gasteiger partial charge in [-0.05, 0) is 36.6 Å². The highest BCUT2D eigenvalue weighted by Gasteiger charge is 2.12. The Morgan fingerprint density at radius 2 is 1.81 bits per heavy atom. The number of hydrogen-bond donors (Lipinski definition) is 0. The molecule has 2 aromatic rings. The third-order valence-corrected chi connectivity index (χ3v) is 3.88. The average molecular weight is 369 g/mol. The minimum Gasteiger partial charge on any atom is -0.372 e. The summed E-state index contributed by atoms with van der Waals surface area (Å²) >= 11 is 0. The zero-order valence-electron chi connectivity index (χ0n) is 15.5. The van der Waals surface area contributed by atoms with Gasteiger partial charge in [-0.15, -0.1) is 0 Å². The number of carbonyl (C=O) groups is 1. The van der Waals surface area contributed by atoms with Crippen molar-refractivity contribution in [1.29, 1.82) is 0 Å². The Hall–Kier alpha value is -3.22. The van der Waals surface area contributed by atoms with Crippen molar-refractivity contribution in [3.63, 3.8) is 0 Å². The molecule has 0 radical (unpaired) electrons. The van der Waals surface area contributed by atoms with Crippen molar-refractivity contribution in [3.05, 3.63) is 69.8 Å². The number of anilines is 1. The lowest BCUT2D eigenvalue weighted by molar-refractivity contribution is -0.384. The van der Waals surface area contributed by atoms with Crippen LogP contribution in [-0.2, 0) is 4.84 Å². The van der Waals surface area contributed by atoms with Gasteiger partial charge in [-0.3, -0.25) is 10.1 Å². The molecule has 0 aromatic heterocycles. The number of nitrogens with zero attached hydrogens (tertiary/aromatic N) is 3. The molecule has 27 heavy (non-hydrogen) atoms. The minimum atomic E-state index is -0.747. The van der Waals surface area contributed by atoms with Gasteiger partial charge in [-0.25, -0.2) is 4.79 Å². The van der Waals surface area contributed by atoms with E-state index in [1.54, 1.807) is 0 Å². The maximum Gasteiger partial charge on any atom is 0.365 e. The second-order valence-corrected chi connectivity index (χ2v) is 6.00. The third kappa shape index (κ3) is 5.91. The lowest BCUT2D eigenvalue weighted by atomic mass is 10.2. The van der Waals surface area contributed by atoms with Gasteiger partial charge < -0.3 is 9.74 Å². The van der Waals surface area contributed by atoms with E-state index in [0.29, 0.717) is 0 Å². The number of carbonyl (C=O) groups excluding carboxylic acids is 1. The van der Waals surface area contributed by atoms with E-state index in [1.165, 1.54) is 24.4 Å². The van der Waals surface area contributed by atoms with Gasteiger partial charge in [-0.2, -0.15) is 0 Å². The molecule has 7 heteroatoms. The van der Waals surface area contributed by atoms with Crippen molar-refractivity contribution < 1.29 is 14.6 Å². The maximum absolute atomic E-state index is 11.9. The van der Waals surface area contributed by atoms with Gasteiger partial charge in [0.15, 0.2) is 0 Å². The van der Waals surface area contributed by atoms with E-state index in [-0.39, 0.29) is 11.3 Å². The van der Waals surface area contributed by atoms with Gasteiger partial charge in [0, 0.05) is 30.9 Å². The van der Waals surface area contributed by atoms with E-state index in [0.717, 1.165) is 43.2 Å². The van der Waals surface area contributed by atoms with Crippen LogP contribution in [-0.4, -0.2) is 30.2 Å². The molecule has 0 unspecified atom stereocenters. The Bertz CT molecular complexity index is 797. The van der Waals surface area contributed by atoms with Gasteiger partial charge in [0.05, 0.1) is 16.7 Å². The fraction of sp³-hybridized carbons (Fsp3) is 0.300. The topological polar surface area (TPSA) is 85.0 Å². The number of benzene rings is 2. The molecule has 7 nitrogen and oxygen atoms in total. The van der Waals surface area contributed by atoms with Gasteiger partial charge in [0.25, 0.3) is 5.69 Å². The smallest absolute Gasteiger partial charge is 0.365 e. The maximum atomic E-state index is 11.9. The molecule has 142 valence electrons. The molecule has 0 spiro atoms. The van der Waals surface area contributed by atoms with E-state index >= 15 is 0 Å². The Balaban J connectivity index is 1.98. The predicted octanol–water partition coefficient (Wildman–Crippen LogP) is 4.41. The van der Waals surface area contributed by atoms with Crippen molar-refractivity contribution >= 4 is 23.6 Å². The molecule has 2 rings (SSSR count). The molecule has 0 heterocycles. The summed E-state index contributed by atoms with van der Waals surface area (Å²) in [5.41, 5.74) is 1.84. The molecule has 0 atom stereocenters. The molecule has 0 aliphatic heterocycles. The highest BCUT2D eigenvalue weighted by atomic mass is 16.7. The quantitative estimate of drug-likeness (QED) is 0.283. The van der Waals surface area contributed by atoms with E-state index in [9.17, 15) is 14.9 Å². The summed E-state index contributed by atoms with van der Waals surface area (Å²) in [5.74, 6) is -0.747. The number of nitro benzene ring substituents is 1. The first-order chi connectivity index (χ1) is 13.0. The lowest BCUT2D eigenvalue weighted by Crippen LogP contribution is -2.24. The van der Waals surface area contributed by atoms with Crippen LogP contribution in [0.1, 0.15) is 42.6 Å². The molecule has 0 saturated carbocycles. The van der Waals surface area contributed by atoms with Crippen LogP contribution in [0.5, 0.6) is 0 Å². The summed E-state index contributed by atoms with van der Waals surface area (Å²) in [4.78, 5) is 29.3. The zero-order chi connectivity index (χ0) is 19.6. The van der Waals surface area contributed by atoms with E-state index < -0.39 is 10.9 Å². The monoisotopic (exact) mass is 369 g/mol. The van der Waals surface area contributed by atoms with Crippen molar-refractivity contribution in [1.82, 2.24) is 0 Å². The molecular weight excluding hydrogens is 346 g/mol. The van der Waals surface area contributed by atoms with Crippen molar-refractivity contribution in [2.24, 2.45) is 5.16 Å². The Morgan fingerprint density at radius 3 is 2.41 bits per heavy atom. The fourth-order valence-corrected chi connectivity index (χ4v) is 2.62. The van der Waals surface area contributed by atoms with Crippen LogP contribution in [0.3, 0.4) is 0 Å².